The standard InChI is InChI=1S/C19H17NO2.C16H14O.C14H9ClO/c1-12(2)19(22)20(3)11-15-10-14-8-4-6-13-7-5-9-16(17(13)14)18(15)21;1-2-5-13-10-12-8-3-6-11-7-4-9-14(15(11)12)16(13)17;15-8-11-7-10-5-1-3-9-4-2-6-12(13(9)10)14(11)16/h4-10H,1,11H2,2-3H3;3-4,6-10H,2,5H2,1H3;1-7H,8H2. The van der Waals surface area contributed by atoms with E-state index in [9.17, 15) is 19.2 Å². The minimum absolute atomic E-state index is 0.00864. The van der Waals surface area contributed by atoms with E-state index in [1.165, 1.54) is 10.5 Å². The number of hydrogen-bond acceptors (Lipinski definition) is 4. The monoisotopic (exact) mass is 741 g/mol. The van der Waals surface area contributed by atoms with Gasteiger partial charge >= 0.3 is 0 Å². The molecule has 0 aliphatic heterocycles. The highest BCUT2D eigenvalue weighted by molar-refractivity contribution is 6.30. The number of nitrogens with zero attached hydrogens (tertiary/aromatic N) is 1. The molecule has 3 aliphatic rings. The summed E-state index contributed by atoms with van der Waals surface area (Å²) in [4.78, 5) is 50.6. The second-order valence-electron chi connectivity index (χ2n) is 14.1. The molecule has 5 nitrogen and oxygen atoms in total. The van der Waals surface area contributed by atoms with Gasteiger partial charge in [-0.2, -0.15) is 0 Å². The van der Waals surface area contributed by atoms with Crippen molar-refractivity contribution in [3.05, 3.63) is 171 Å². The minimum Gasteiger partial charge on any atom is -0.338 e. The van der Waals surface area contributed by atoms with Gasteiger partial charge in [0.25, 0.3) is 0 Å². The van der Waals surface area contributed by atoms with Gasteiger partial charge in [-0.25, -0.2) is 0 Å². The number of Topliss-reactive ketones (excluding diaryl/α,β-unsaturated/α-hetero) is 3. The Hall–Kier alpha value is -6.17. The number of hydrogen-bond donors (Lipinski definition) is 0. The third kappa shape index (κ3) is 7.11. The average molecular weight is 742 g/mol. The maximum absolute atomic E-state index is 12.7. The smallest absolute Gasteiger partial charge is 0.248 e. The van der Waals surface area contributed by atoms with Gasteiger partial charge in [0.2, 0.25) is 5.91 Å². The second kappa shape index (κ2) is 15.7. The zero-order valence-electron chi connectivity index (χ0n) is 31.1. The van der Waals surface area contributed by atoms with Crippen LogP contribution >= 0.6 is 11.6 Å². The van der Waals surface area contributed by atoms with Crippen molar-refractivity contribution in [2.24, 2.45) is 0 Å². The molecule has 0 N–H and O–H groups in total. The molecule has 6 aromatic carbocycles. The molecule has 0 saturated heterocycles. The molecule has 0 atom stereocenters. The predicted molar refractivity (Wildman–Crippen MR) is 227 cm³/mol. The maximum Gasteiger partial charge on any atom is 0.248 e. The number of alkyl halides is 1. The Bertz CT molecular complexity index is 2680. The van der Waals surface area contributed by atoms with Crippen LogP contribution in [0.4, 0.5) is 0 Å². The number of halogens is 1. The van der Waals surface area contributed by atoms with Crippen LogP contribution in [0.25, 0.3) is 50.5 Å². The number of benzene rings is 6. The Labute approximate surface area is 325 Å². The van der Waals surface area contributed by atoms with Crippen molar-refractivity contribution in [3.63, 3.8) is 0 Å². The van der Waals surface area contributed by atoms with Gasteiger partial charge in [-0.1, -0.05) is 129 Å². The highest BCUT2D eigenvalue weighted by atomic mass is 35.5. The van der Waals surface area contributed by atoms with E-state index in [-0.39, 0.29) is 35.7 Å². The summed E-state index contributed by atoms with van der Waals surface area (Å²) in [7, 11) is 1.69. The fourth-order valence-corrected chi connectivity index (χ4v) is 7.84. The van der Waals surface area contributed by atoms with Crippen LogP contribution in [0.1, 0.15) is 74.5 Å². The molecular weight excluding hydrogens is 702 g/mol. The van der Waals surface area contributed by atoms with E-state index >= 15 is 0 Å². The Balaban J connectivity index is 0.000000129. The van der Waals surface area contributed by atoms with Crippen LogP contribution in [0, 0.1) is 0 Å². The van der Waals surface area contributed by atoms with Gasteiger partial charge in [-0.15, -0.1) is 11.6 Å². The van der Waals surface area contributed by atoms with Crippen molar-refractivity contribution in [2.75, 3.05) is 19.5 Å². The molecule has 0 bridgehead atoms. The summed E-state index contributed by atoms with van der Waals surface area (Å²) in [6, 6.07) is 35.8. The summed E-state index contributed by atoms with van der Waals surface area (Å²) in [6.45, 7) is 7.73. The first kappa shape index (κ1) is 37.2. The number of carbonyl (C=O) groups is 4. The van der Waals surface area contributed by atoms with E-state index in [4.69, 9.17) is 11.6 Å². The van der Waals surface area contributed by atoms with Gasteiger partial charge in [0, 0.05) is 68.7 Å². The van der Waals surface area contributed by atoms with Crippen LogP contribution in [-0.2, 0) is 4.79 Å². The molecule has 0 aromatic heterocycles. The van der Waals surface area contributed by atoms with Gasteiger partial charge in [-0.3, -0.25) is 19.2 Å². The Morgan fingerprint density at radius 3 is 1.35 bits per heavy atom. The quantitative estimate of drug-likeness (QED) is 0.126. The average Bonchev–Trinajstić information content (AvgIpc) is 3.20. The van der Waals surface area contributed by atoms with Gasteiger partial charge in [0.15, 0.2) is 17.3 Å². The molecule has 6 aromatic rings. The Kier molecular flexibility index (Phi) is 10.6. The number of allylic oxidation sites excluding steroid dienone is 2. The van der Waals surface area contributed by atoms with Crippen LogP contribution < -0.4 is 0 Å². The number of amides is 1. The van der Waals surface area contributed by atoms with Gasteiger partial charge in [0.05, 0.1) is 5.88 Å². The van der Waals surface area contributed by atoms with E-state index in [1.54, 1.807) is 14.0 Å². The topological polar surface area (TPSA) is 71.5 Å². The summed E-state index contributed by atoms with van der Waals surface area (Å²) in [6.07, 6.45) is 7.71. The summed E-state index contributed by atoms with van der Waals surface area (Å²) in [5.74, 6) is 0.371. The molecule has 3 aliphatic carbocycles. The van der Waals surface area contributed by atoms with Gasteiger partial charge in [-0.05, 0) is 64.4 Å². The Morgan fingerprint density at radius 1 is 0.582 bits per heavy atom. The molecule has 1 amide bonds. The summed E-state index contributed by atoms with van der Waals surface area (Å²) < 4.78 is 0. The summed E-state index contributed by atoms with van der Waals surface area (Å²) in [5.41, 5.74) is 8.35. The molecule has 0 unspecified atom stereocenters. The third-order valence-electron chi connectivity index (χ3n) is 10.2. The minimum atomic E-state index is -0.147. The van der Waals surface area contributed by atoms with E-state index in [1.807, 2.05) is 97.1 Å². The van der Waals surface area contributed by atoms with E-state index in [0.717, 1.165) is 73.0 Å². The zero-order chi connectivity index (χ0) is 38.8. The molecule has 0 saturated carbocycles. The molecule has 0 radical (unpaired) electrons. The first-order valence-electron chi connectivity index (χ1n) is 18.4. The van der Waals surface area contributed by atoms with Crippen molar-refractivity contribution in [3.8, 4) is 0 Å². The van der Waals surface area contributed by atoms with E-state index < -0.39 is 0 Å². The highest BCUT2D eigenvalue weighted by Crippen LogP contribution is 2.34. The van der Waals surface area contributed by atoms with E-state index in [0.29, 0.717) is 22.3 Å². The fraction of sp³-hybridized carbons (Fsp3) is 0.143. The predicted octanol–water partition coefficient (Wildman–Crippen LogP) is 11.3. The van der Waals surface area contributed by atoms with Crippen LogP contribution in [0.5, 0.6) is 0 Å². The van der Waals surface area contributed by atoms with Gasteiger partial charge in [0.1, 0.15) is 0 Å². The summed E-state index contributed by atoms with van der Waals surface area (Å²) >= 11 is 5.79. The van der Waals surface area contributed by atoms with Crippen molar-refractivity contribution in [2.45, 2.75) is 26.7 Å². The molecule has 6 heteroatoms. The maximum atomic E-state index is 12.7. The number of carbonyl (C=O) groups excluding carboxylic acids is 4. The molecular formula is C49H40ClNO4. The number of ketones is 3. The number of rotatable bonds is 6. The van der Waals surface area contributed by atoms with Crippen molar-refractivity contribution < 1.29 is 19.2 Å². The van der Waals surface area contributed by atoms with Crippen LogP contribution in [0.3, 0.4) is 0 Å². The molecule has 272 valence electrons. The first-order valence-corrected chi connectivity index (χ1v) is 18.9. The fourth-order valence-electron chi connectivity index (χ4n) is 7.64. The van der Waals surface area contributed by atoms with Crippen LogP contribution in [-0.4, -0.2) is 47.6 Å². The molecule has 0 spiro atoms. The lowest BCUT2D eigenvalue weighted by Gasteiger charge is -2.22. The highest BCUT2D eigenvalue weighted by Gasteiger charge is 2.24. The number of likely N-dealkylation sites (N-methyl/N-ethyl adjacent to an activating group) is 1. The third-order valence-corrected chi connectivity index (χ3v) is 10.5. The molecule has 0 fully saturated rings. The molecule has 55 heavy (non-hydrogen) atoms. The van der Waals surface area contributed by atoms with Gasteiger partial charge < -0.3 is 4.90 Å². The molecule has 9 rings (SSSR count). The van der Waals surface area contributed by atoms with E-state index in [2.05, 4.69) is 43.8 Å². The SMILES string of the molecule is C=C(C)C(=O)N(C)CC1=Cc2cccc3cccc(c23)C1=O.CCCC1=Cc2cccc3cccc(c23)C1=O.O=C1C(CCl)=Cc2cccc3cccc1c23. The Morgan fingerprint density at radius 2 is 0.945 bits per heavy atom. The molecule has 0 heterocycles. The normalized spacial score (nSPS) is 13.6. The van der Waals surface area contributed by atoms with Crippen LogP contribution in [0.15, 0.2) is 138 Å². The largest absolute Gasteiger partial charge is 0.338 e. The first-order chi connectivity index (χ1) is 26.6. The lowest BCUT2D eigenvalue weighted by molar-refractivity contribution is -0.125. The van der Waals surface area contributed by atoms with Crippen molar-refractivity contribution in [1.29, 1.82) is 0 Å². The van der Waals surface area contributed by atoms with Crippen LogP contribution in [0.2, 0.25) is 0 Å². The second-order valence-corrected chi connectivity index (χ2v) is 14.3. The van der Waals surface area contributed by atoms with Crippen molar-refractivity contribution in [1.82, 2.24) is 4.90 Å². The lowest BCUT2D eigenvalue weighted by Crippen LogP contribution is -2.31. The summed E-state index contributed by atoms with van der Waals surface area (Å²) in [5, 5.41) is 6.47. The zero-order valence-corrected chi connectivity index (χ0v) is 31.9. The lowest BCUT2D eigenvalue weighted by atomic mass is 9.86. The van der Waals surface area contributed by atoms with Crippen molar-refractivity contribution >= 4 is 85.4 Å².